The molecule has 20 heavy (non-hydrogen) atoms. The van der Waals surface area contributed by atoms with Gasteiger partial charge in [-0.2, -0.15) is 0 Å². The number of carbonyl (C=O) groups excluding carboxylic acids is 1. The molecule has 0 radical (unpaired) electrons. The fraction of sp³-hybridized carbons (Fsp3) is 0.188. The minimum absolute atomic E-state index is 0. The van der Waals surface area contributed by atoms with E-state index in [4.69, 9.17) is 0 Å². The molecule has 0 bridgehead atoms. The molecule has 0 aromatic heterocycles. The predicted molar refractivity (Wildman–Crippen MR) is 70.4 cm³/mol. The van der Waals surface area contributed by atoms with E-state index in [0.29, 0.717) is 11.1 Å². The zero-order valence-corrected chi connectivity index (χ0v) is 13.9. The van der Waals surface area contributed by atoms with Crippen molar-refractivity contribution in [2.45, 2.75) is 19.4 Å². The maximum Gasteiger partial charge on any atom is 1.00 e. The van der Waals surface area contributed by atoms with Crippen molar-refractivity contribution in [3.63, 3.8) is 0 Å². The predicted octanol–water partition coefficient (Wildman–Crippen LogP) is -1.71. The van der Waals surface area contributed by atoms with E-state index in [-0.39, 0.29) is 29.6 Å². The first kappa shape index (κ1) is 16.9. The van der Waals surface area contributed by atoms with Gasteiger partial charge in [-0.3, -0.25) is 0 Å². The van der Waals surface area contributed by atoms with Crippen LogP contribution in [0.15, 0.2) is 48.5 Å². The quantitative estimate of drug-likeness (QED) is 0.680. The number of aryl methyl sites for hydroxylation is 2. The molecule has 2 aromatic rings. The largest absolute Gasteiger partial charge is 1.00 e. The van der Waals surface area contributed by atoms with Crippen LogP contribution in [-0.4, -0.2) is 11.1 Å². The van der Waals surface area contributed by atoms with E-state index in [1.807, 2.05) is 13.0 Å². The van der Waals surface area contributed by atoms with E-state index in [2.05, 4.69) is 0 Å². The fourth-order valence-electron chi connectivity index (χ4n) is 2.28. The molecule has 0 aliphatic rings. The van der Waals surface area contributed by atoms with Gasteiger partial charge < -0.3 is 15.0 Å². The molecule has 1 unspecified atom stereocenters. The summed E-state index contributed by atoms with van der Waals surface area (Å²) < 4.78 is 0. The van der Waals surface area contributed by atoms with Crippen LogP contribution in [0.3, 0.4) is 0 Å². The molecule has 1 atom stereocenters. The maximum absolute atomic E-state index is 11.5. The molecule has 2 rings (SSSR count). The smallest absolute Gasteiger partial charge is 0.546 e. The Hall–Kier alpha value is -1.13. The van der Waals surface area contributed by atoms with E-state index in [9.17, 15) is 15.0 Å². The fourth-order valence-corrected chi connectivity index (χ4v) is 2.28. The molecule has 0 aliphatic heterocycles. The third-order valence-electron chi connectivity index (χ3n) is 3.26. The van der Waals surface area contributed by atoms with Crippen molar-refractivity contribution >= 4 is 5.97 Å². The average Bonchev–Trinajstić information content (AvgIpc) is 2.38. The van der Waals surface area contributed by atoms with Gasteiger partial charge in [0, 0.05) is 0 Å². The minimum atomic E-state index is -2.13. The number of carboxylic acids is 1. The van der Waals surface area contributed by atoms with Crippen molar-refractivity contribution in [3.8, 4) is 0 Å². The summed E-state index contributed by atoms with van der Waals surface area (Å²) in [6, 6.07) is 13.5. The average molecular weight is 278 g/mol. The van der Waals surface area contributed by atoms with Crippen LogP contribution in [0.25, 0.3) is 0 Å². The molecule has 0 saturated heterocycles. The number of carbonyl (C=O) groups is 1. The molecular formula is C16H15NaO3. The Morgan fingerprint density at radius 3 is 2.20 bits per heavy atom. The Labute approximate surface area is 140 Å². The first-order chi connectivity index (χ1) is 8.96. The van der Waals surface area contributed by atoms with Gasteiger partial charge in [0.25, 0.3) is 0 Å². The molecule has 3 nitrogen and oxygen atoms in total. The van der Waals surface area contributed by atoms with Crippen LogP contribution >= 0.6 is 0 Å². The van der Waals surface area contributed by atoms with Crippen LogP contribution in [-0.2, 0) is 10.4 Å². The number of carboxylic acid groups (broad SMARTS) is 1. The zero-order chi connectivity index (χ0) is 14.0. The van der Waals surface area contributed by atoms with Crippen LogP contribution < -0.4 is 34.7 Å². The molecule has 0 aliphatic carbocycles. The molecule has 1 N–H and O–H groups in total. The van der Waals surface area contributed by atoms with E-state index in [0.717, 1.165) is 11.1 Å². The molecule has 98 valence electrons. The van der Waals surface area contributed by atoms with Crippen molar-refractivity contribution in [1.29, 1.82) is 0 Å². The Bertz CT molecular complexity index is 610. The van der Waals surface area contributed by atoms with Gasteiger partial charge >= 0.3 is 29.6 Å². The SMILES string of the molecule is Cc1ccc(C(O)(C(=O)[O-])c2ccccc2)c(C)c1.[Na+]. The van der Waals surface area contributed by atoms with Gasteiger partial charge in [-0.1, -0.05) is 54.1 Å². The Balaban J connectivity index is 0.00000200. The van der Waals surface area contributed by atoms with Gasteiger partial charge in [-0.05, 0) is 30.5 Å². The van der Waals surface area contributed by atoms with Crippen LogP contribution in [0.5, 0.6) is 0 Å². The van der Waals surface area contributed by atoms with Gasteiger partial charge in [0.15, 0.2) is 5.60 Å². The third-order valence-corrected chi connectivity index (χ3v) is 3.26. The first-order valence-corrected chi connectivity index (χ1v) is 6.03. The second-order valence-corrected chi connectivity index (χ2v) is 4.68. The number of aliphatic carboxylic acids is 1. The molecule has 2 aromatic carbocycles. The summed E-state index contributed by atoms with van der Waals surface area (Å²) in [5, 5.41) is 22.1. The second kappa shape index (κ2) is 6.55. The summed E-state index contributed by atoms with van der Waals surface area (Å²) in [6.45, 7) is 3.69. The van der Waals surface area contributed by atoms with E-state index in [1.165, 1.54) is 0 Å². The van der Waals surface area contributed by atoms with Gasteiger partial charge in [-0.15, -0.1) is 0 Å². The molecule has 0 saturated carbocycles. The Morgan fingerprint density at radius 1 is 1.10 bits per heavy atom. The summed E-state index contributed by atoms with van der Waals surface area (Å²) in [6.07, 6.45) is 0. The molecule has 0 amide bonds. The molecule has 0 fully saturated rings. The number of aliphatic hydroxyl groups is 1. The topological polar surface area (TPSA) is 60.4 Å². The van der Waals surface area contributed by atoms with Gasteiger partial charge in [0.2, 0.25) is 0 Å². The standard InChI is InChI=1S/C16H16O3.Na/c1-11-8-9-14(12(2)10-11)16(19,15(17)18)13-6-4-3-5-7-13;/h3-10,19H,1-2H3,(H,17,18);/q;+1/p-1. The molecule has 4 heteroatoms. The number of hydrogen-bond donors (Lipinski definition) is 1. The Morgan fingerprint density at radius 2 is 1.70 bits per heavy atom. The number of rotatable bonds is 3. The summed E-state index contributed by atoms with van der Waals surface area (Å²) in [5.41, 5.74) is 0.232. The maximum atomic E-state index is 11.5. The van der Waals surface area contributed by atoms with Crippen molar-refractivity contribution in [2.24, 2.45) is 0 Å². The van der Waals surface area contributed by atoms with Crippen LogP contribution in [0.2, 0.25) is 0 Å². The van der Waals surface area contributed by atoms with E-state index >= 15 is 0 Å². The summed E-state index contributed by atoms with van der Waals surface area (Å²) >= 11 is 0. The normalized spacial score (nSPS) is 13.2. The summed E-state index contributed by atoms with van der Waals surface area (Å²) in [7, 11) is 0. The van der Waals surface area contributed by atoms with Crippen molar-refractivity contribution < 1.29 is 44.6 Å². The van der Waals surface area contributed by atoms with Crippen LogP contribution in [0.1, 0.15) is 22.3 Å². The van der Waals surface area contributed by atoms with Gasteiger partial charge in [0.05, 0.1) is 5.97 Å². The number of benzene rings is 2. The summed E-state index contributed by atoms with van der Waals surface area (Å²) in [5.74, 6) is -1.52. The van der Waals surface area contributed by atoms with Crippen molar-refractivity contribution in [1.82, 2.24) is 0 Å². The second-order valence-electron chi connectivity index (χ2n) is 4.68. The minimum Gasteiger partial charge on any atom is -0.546 e. The van der Waals surface area contributed by atoms with Crippen LogP contribution in [0.4, 0.5) is 0 Å². The van der Waals surface area contributed by atoms with Gasteiger partial charge in [-0.25, -0.2) is 0 Å². The zero-order valence-electron chi connectivity index (χ0n) is 11.9. The van der Waals surface area contributed by atoms with Gasteiger partial charge in [0.1, 0.15) is 0 Å². The third kappa shape index (κ3) is 2.96. The monoisotopic (exact) mass is 278 g/mol. The Kier molecular flexibility index (Phi) is 5.54. The van der Waals surface area contributed by atoms with E-state index in [1.54, 1.807) is 49.4 Å². The van der Waals surface area contributed by atoms with Crippen LogP contribution in [0, 0.1) is 13.8 Å². The van der Waals surface area contributed by atoms with Crippen molar-refractivity contribution in [3.05, 3.63) is 70.8 Å². The molecule has 0 heterocycles. The first-order valence-electron chi connectivity index (χ1n) is 6.03. The summed E-state index contributed by atoms with van der Waals surface area (Å²) in [4.78, 5) is 11.5. The molecular weight excluding hydrogens is 263 g/mol. The number of hydrogen-bond acceptors (Lipinski definition) is 3. The van der Waals surface area contributed by atoms with E-state index < -0.39 is 11.6 Å². The van der Waals surface area contributed by atoms with Crippen molar-refractivity contribution in [2.75, 3.05) is 0 Å². The molecule has 0 spiro atoms.